The third kappa shape index (κ3) is 3.57. The predicted octanol–water partition coefficient (Wildman–Crippen LogP) is 1.57. The summed E-state index contributed by atoms with van der Waals surface area (Å²) in [5.74, 6) is -1.94. The Kier molecular flexibility index (Phi) is 3.28. The van der Waals surface area contributed by atoms with Crippen molar-refractivity contribution in [2.24, 2.45) is 0 Å². The van der Waals surface area contributed by atoms with Crippen LogP contribution in [0.4, 0.5) is 13.2 Å². The van der Waals surface area contributed by atoms with Crippen molar-refractivity contribution < 1.29 is 18.0 Å². The Morgan fingerprint density at radius 2 is 2.13 bits per heavy atom. The van der Waals surface area contributed by atoms with E-state index in [-0.39, 0.29) is 6.54 Å². The highest BCUT2D eigenvalue weighted by Gasteiger charge is 2.38. The first-order valence-corrected chi connectivity index (χ1v) is 4.16. The standard InChI is InChI=1S/C9H9F3N2O/c1-6-2-3-7(4-13-6)5-14-8(15)9(10,11)12/h2-4H,5H2,1H3,(H,14,15). The van der Waals surface area contributed by atoms with Crippen molar-refractivity contribution >= 4 is 5.91 Å². The molecule has 0 aliphatic carbocycles. The lowest BCUT2D eigenvalue weighted by Gasteiger charge is -2.07. The third-order valence-corrected chi connectivity index (χ3v) is 1.68. The van der Waals surface area contributed by atoms with Gasteiger partial charge >= 0.3 is 12.1 Å². The molecule has 15 heavy (non-hydrogen) atoms. The molecule has 0 unspecified atom stereocenters. The molecular weight excluding hydrogens is 209 g/mol. The van der Waals surface area contributed by atoms with Crippen molar-refractivity contribution in [3.8, 4) is 0 Å². The molecule has 1 amide bonds. The second-order valence-electron chi connectivity index (χ2n) is 2.99. The van der Waals surface area contributed by atoms with E-state index in [1.54, 1.807) is 24.4 Å². The molecule has 0 saturated heterocycles. The molecule has 6 heteroatoms. The minimum Gasteiger partial charge on any atom is -0.344 e. The van der Waals surface area contributed by atoms with Crippen molar-refractivity contribution in [1.29, 1.82) is 0 Å². The lowest BCUT2D eigenvalue weighted by molar-refractivity contribution is -0.173. The SMILES string of the molecule is Cc1ccc(CNC(=O)C(F)(F)F)cn1. The largest absolute Gasteiger partial charge is 0.471 e. The Bertz CT molecular complexity index is 345. The normalized spacial score (nSPS) is 11.2. The van der Waals surface area contributed by atoms with Crippen LogP contribution in [0.1, 0.15) is 11.3 Å². The van der Waals surface area contributed by atoms with Crippen molar-refractivity contribution in [1.82, 2.24) is 10.3 Å². The molecule has 0 fully saturated rings. The van der Waals surface area contributed by atoms with Gasteiger partial charge in [0.1, 0.15) is 0 Å². The molecule has 3 nitrogen and oxygen atoms in total. The van der Waals surface area contributed by atoms with Crippen LogP contribution in [0.25, 0.3) is 0 Å². The summed E-state index contributed by atoms with van der Waals surface area (Å²) in [5, 5.41) is 1.75. The maximum absolute atomic E-state index is 11.8. The third-order valence-electron chi connectivity index (χ3n) is 1.68. The highest BCUT2D eigenvalue weighted by molar-refractivity contribution is 5.81. The summed E-state index contributed by atoms with van der Waals surface area (Å²) >= 11 is 0. The number of rotatable bonds is 2. The van der Waals surface area contributed by atoms with Gasteiger partial charge in [-0.2, -0.15) is 13.2 Å². The average Bonchev–Trinajstić information content (AvgIpc) is 2.15. The molecular formula is C9H9F3N2O. The van der Waals surface area contributed by atoms with E-state index in [2.05, 4.69) is 4.98 Å². The summed E-state index contributed by atoms with van der Waals surface area (Å²) in [7, 11) is 0. The number of carbonyl (C=O) groups excluding carboxylic acids is 1. The van der Waals surface area contributed by atoms with Crippen molar-refractivity contribution in [3.63, 3.8) is 0 Å². The van der Waals surface area contributed by atoms with Crippen molar-refractivity contribution in [2.75, 3.05) is 0 Å². The van der Waals surface area contributed by atoms with Crippen LogP contribution in [0.5, 0.6) is 0 Å². The highest BCUT2D eigenvalue weighted by Crippen LogP contribution is 2.14. The highest BCUT2D eigenvalue weighted by atomic mass is 19.4. The molecule has 0 aliphatic heterocycles. The van der Waals surface area contributed by atoms with Gasteiger partial charge in [0.2, 0.25) is 0 Å². The molecule has 0 aliphatic rings. The Morgan fingerprint density at radius 1 is 1.47 bits per heavy atom. The predicted molar refractivity (Wildman–Crippen MR) is 46.9 cm³/mol. The van der Waals surface area contributed by atoms with E-state index in [0.717, 1.165) is 5.69 Å². The fraction of sp³-hybridized carbons (Fsp3) is 0.333. The zero-order chi connectivity index (χ0) is 11.5. The van der Waals surface area contributed by atoms with E-state index in [4.69, 9.17) is 0 Å². The van der Waals surface area contributed by atoms with Gasteiger partial charge in [0.25, 0.3) is 0 Å². The summed E-state index contributed by atoms with van der Waals surface area (Å²) in [5.41, 5.74) is 1.29. The molecule has 0 aromatic carbocycles. The van der Waals surface area contributed by atoms with Gasteiger partial charge in [-0.3, -0.25) is 9.78 Å². The van der Waals surface area contributed by atoms with E-state index in [1.807, 2.05) is 0 Å². The maximum Gasteiger partial charge on any atom is 0.471 e. The summed E-state index contributed by atoms with van der Waals surface area (Å²) in [6.45, 7) is 1.59. The van der Waals surface area contributed by atoms with Gasteiger partial charge in [-0.05, 0) is 18.6 Å². The first kappa shape index (κ1) is 11.5. The second-order valence-corrected chi connectivity index (χ2v) is 2.99. The van der Waals surface area contributed by atoms with Crippen LogP contribution >= 0.6 is 0 Å². The van der Waals surface area contributed by atoms with Gasteiger partial charge in [-0.25, -0.2) is 0 Å². The molecule has 0 bridgehead atoms. The fourth-order valence-corrected chi connectivity index (χ4v) is 0.886. The van der Waals surface area contributed by atoms with E-state index >= 15 is 0 Å². The number of hydrogen-bond acceptors (Lipinski definition) is 2. The molecule has 0 spiro atoms. The van der Waals surface area contributed by atoms with Gasteiger partial charge < -0.3 is 5.32 Å². The zero-order valence-electron chi connectivity index (χ0n) is 7.93. The van der Waals surface area contributed by atoms with Crippen LogP contribution in [0.2, 0.25) is 0 Å². The molecule has 1 aromatic heterocycles. The topological polar surface area (TPSA) is 42.0 Å². The lowest BCUT2D eigenvalue weighted by Crippen LogP contribution is -2.36. The lowest BCUT2D eigenvalue weighted by atomic mass is 10.2. The van der Waals surface area contributed by atoms with Crippen LogP contribution < -0.4 is 5.32 Å². The quantitative estimate of drug-likeness (QED) is 0.818. The van der Waals surface area contributed by atoms with E-state index in [9.17, 15) is 18.0 Å². The van der Waals surface area contributed by atoms with E-state index in [1.165, 1.54) is 6.20 Å². The van der Waals surface area contributed by atoms with Gasteiger partial charge in [-0.15, -0.1) is 0 Å². The Hall–Kier alpha value is -1.59. The summed E-state index contributed by atoms with van der Waals surface area (Å²) in [6, 6.07) is 3.27. The van der Waals surface area contributed by atoms with Crippen LogP contribution in [-0.4, -0.2) is 17.1 Å². The number of pyridine rings is 1. The number of hydrogen-bond donors (Lipinski definition) is 1. The first-order valence-electron chi connectivity index (χ1n) is 4.16. The second kappa shape index (κ2) is 4.29. The van der Waals surface area contributed by atoms with Gasteiger partial charge in [0, 0.05) is 18.4 Å². The smallest absolute Gasteiger partial charge is 0.344 e. The monoisotopic (exact) mass is 218 g/mol. The number of alkyl halides is 3. The van der Waals surface area contributed by atoms with Crippen LogP contribution in [-0.2, 0) is 11.3 Å². The number of carbonyl (C=O) groups is 1. The molecule has 1 rings (SSSR count). The number of nitrogens with one attached hydrogen (secondary N) is 1. The Morgan fingerprint density at radius 3 is 2.60 bits per heavy atom. The van der Waals surface area contributed by atoms with Gasteiger partial charge in [0.05, 0.1) is 0 Å². The van der Waals surface area contributed by atoms with Crippen molar-refractivity contribution in [2.45, 2.75) is 19.6 Å². The van der Waals surface area contributed by atoms with Crippen LogP contribution in [0.3, 0.4) is 0 Å². The number of aromatic nitrogens is 1. The first-order chi connectivity index (χ1) is 6.89. The molecule has 0 radical (unpaired) electrons. The van der Waals surface area contributed by atoms with E-state index < -0.39 is 12.1 Å². The molecule has 0 saturated carbocycles. The van der Waals surface area contributed by atoms with Crippen LogP contribution in [0.15, 0.2) is 18.3 Å². The fourth-order valence-electron chi connectivity index (χ4n) is 0.886. The summed E-state index contributed by atoms with van der Waals surface area (Å²) in [6.07, 6.45) is -3.41. The Labute approximate surface area is 84.3 Å². The zero-order valence-corrected chi connectivity index (χ0v) is 7.93. The molecule has 0 atom stereocenters. The minimum atomic E-state index is -4.84. The van der Waals surface area contributed by atoms with E-state index in [0.29, 0.717) is 5.56 Å². The van der Waals surface area contributed by atoms with Gasteiger partial charge in [-0.1, -0.05) is 6.07 Å². The van der Waals surface area contributed by atoms with Crippen LogP contribution in [0, 0.1) is 6.92 Å². The molecule has 1 aromatic rings. The number of amides is 1. The van der Waals surface area contributed by atoms with Crippen molar-refractivity contribution in [3.05, 3.63) is 29.6 Å². The number of halogens is 3. The maximum atomic E-state index is 11.8. The number of nitrogens with zero attached hydrogens (tertiary/aromatic N) is 1. The summed E-state index contributed by atoms with van der Waals surface area (Å²) in [4.78, 5) is 14.3. The Balaban J connectivity index is 2.51. The minimum absolute atomic E-state index is 0.175. The molecule has 1 N–H and O–H groups in total. The number of aryl methyl sites for hydroxylation is 1. The van der Waals surface area contributed by atoms with Gasteiger partial charge in [0.15, 0.2) is 0 Å². The summed E-state index contributed by atoms with van der Waals surface area (Å²) < 4.78 is 35.4. The molecule has 1 heterocycles. The average molecular weight is 218 g/mol. The molecule has 82 valence electrons.